The summed E-state index contributed by atoms with van der Waals surface area (Å²) >= 11 is 1.55. The number of piperidine rings is 1. The largest absolute Gasteiger partial charge is 0.454 e. The Bertz CT molecular complexity index is 1100. The van der Waals surface area contributed by atoms with Crippen molar-refractivity contribution < 1.29 is 23.8 Å². The summed E-state index contributed by atoms with van der Waals surface area (Å²) in [6, 6.07) is 6.06. The van der Waals surface area contributed by atoms with E-state index in [1.54, 1.807) is 16.2 Å². The molecular weight excluding hydrogens is 480 g/mol. The summed E-state index contributed by atoms with van der Waals surface area (Å²) in [7, 11) is 0. The number of hydrogen-bond donors (Lipinski definition) is 0. The number of fused-ring (bicyclic) bond motifs is 1. The lowest BCUT2D eigenvalue weighted by Gasteiger charge is -2.34. The zero-order valence-corrected chi connectivity index (χ0v) is 22.0. The molecule has 10 heteroatoms. The first-order valence-electron chi connectivity index (χ1n) is 12.6. The number of carbonyl (C=O) groups excluding carboxylic acids is 2. The highest BCUT2D eigenvalue weighted by Gasteiger charge is 2.30. The van der Waals surface area contributed by atoms with Gasteiger partial charge in [-0.3, -0.25) is 9.69 Å². The normalized spacial score (nSPS) is 19.0. The van der Waals surface area contributed by atoms with Gasteiger partial charge in [-0.2, -0.15) is 0 Å². The second kappa shape index (κ2) is 10.3. The molecule has 0 aliphatic carbocycles. The molecule has 1 aromatic carbocycles. The Labute approximate surface area is 215 Å². The van der Waals surface area contributed by atoms with Gasteiger partial charge in [-0.15, -0.1) is 11.3 Å². The topological polar surface area (TPSA) is 84.4 Å². The first-order chi connectivity index (χ1) is 17.2. The van der Waals surface area contributed by atoms with Crippen LogP contribution in [0.5, 0.6) is 11.5 Å². The number of aromatic nitrogens is 1. The summed E-state index contributed by atoms with van der Waals surface area (Å²) in [5.74, 6) is 1.88. The molecule has 0 spiro atoms. The predicted octanol–water partition coefficient (Wildman–Crippen LogP) is 3.94. The number of likely N-dealkylation sites (tertiary alicyclic amines) is 1. The van der Waals surface area contributed by atoms with Crippen molar-refractivity contribution in [2.24, 2.45) is 0 Å². The fourth-order valence-corrected chi connectivity index (χ4v) is 5.74. The van der Waals surface area contributed by atoms with Crippen LogP contribution in [0.15, 0.2) is 23.6 Å². The van der Waals surface area contributed by atoms with Crippen LogP contribution in [0, 0.1) is 0 Å². The molecule has 194 valence electrons. The summed E-state index contributed by atoms with van der Waals surface area (Å²) in [5, 5.41) is 2.88. The number of nitrogens with zero attached hydrogens (tertiary/aromatic N) is 4. The number of amides is 2. The molecule has 2 amide bonds. The predicted molar refractivity (Wildman–Crippen MR) is 136 cm³/mol. The molecule has 3 aliphatic rings. The van der Waals surface area contributed by atoms with Crippen molar-refractivity contribution in [1.29, 1.82) is 0 Å². The Morgan fingerprint density at radius 3 is 2.47 bits per heavy atom. The van der Waals surface area contributed by atoms with E-state index in [9.17, 15) is 9.59 Å². The second-order valence-corrected chi connectivity index (χ2v) is 11.5. The molecule has 0 unspecified atom stereocenters. The highest BCUT2D eigenvalue weighted by Crippen LogP contribution is 2.33. The quantitative estimate of drug-likeness (QED) is 0.611. The van der Waals surface area contributed by atoms with E-state index >= 15 is 0 Å². The SMILES string of the molecule is CC(C)(C)OC(=O)N1CCC(c2nc(C(=O)N3CCN(Cc4ccc5c(c4)OCO5)CC3)cs2)CC1. The van der Waals surface area contributed by atoms with Crippen LogP contribution in [-0.2, 0) is 11.3 Å². The first-order valence-corrected chi connectivity index (χ1v) is 13.5. The fraction of sp³-hybridized carbons (Fsp3) is 0.577. The van der Waals surface area contributed by atoms with Gasteiger partial charge in [0, 0.05) is 57.1 Å². The van der Waals surface area contributed by atoms with Gasteiger partial charge in [0.25, 0.3) is 5.91 Å². The molecule has 2 fully saturated rings. The Morgan fingerprint density at radius 1 is 1.03 bits per heavy atom. The third kappa shape index (κ3) is 5.75. The van der Waals surface area contributed by atoms with Gasteiger partial charge >= 0.3 is 6.09 Å². The third-order valence-corrected chi connectivity index (χ3v) is 7.75. The molecule has 0 atom stereocenters. The van der Waals surface area contributed by atoms with Crippen LogP contribution >= 0.6 is 11.3 Å². The summed E-state index contributed by atoms with van der Waals surface area (Å²) in [4.78, 5) is 36.2. The van der Waals surface area contributed by atoms with E-state index in [1.165, 1.54) is 5.56 Å². The Hall–Kier alpha value is -2.85. The van der Waals surface area contributed by atoms with Crippen molar-refractivity contribution in [1.82, 2.24) is 19.7 Å². The van der Waals surface area contributed by atoms with Gasteiger partial charge in [-0.1, -0.05) is 6.07 Å². The molecule has 2 saturated heterocycles. The monoisotopic (exact) mass is 514 g/mol. The highest BCUT2D eigenvalue weighted by atomic mass is 32.1. The molecule has 0 radical (unpaired) electrons. The van der Waals surface area contributed by atoms with E-state index in [4.69, 9.17) is 19.2 Å². The maximum absolute atomic E-state index is 13.1. The second-order valence-electron chi connectivity index (χ2n) is 10.6. The number of thiazole rings is 1. The lowest BCUT2D eigenvalue weighted by atomic mass is 9.98. The number of rotatable bonds is 4. The molecule has 5 rings (SSSR count). The van der Waals surface area contributed by atoms with E-state index in [-0.39, 0.29) is 24.7 Å². The van der Waals surface area contributed by atoms with Crippen LogP contribution in [0.4, 0.5) is 4.79 Å². The van der Waals surface area contributed by atoms with Gasteiger partial charge in [-0.05, 0) is 51.3 Å². The van der Waals surface area contributed by atoms with Crippen molar-refractivity contribution >= 4 is 23.3 Å². The molecule has 2 aromatic rings. The maximum Gasteiger partial charge on any atom is 0.410 e. The number of carbonyl (C=O) groups is 2. The minimum absolute atomic E-state index is 0.00594. The van der Waals surface area contributed by atoms with E-state index in [0.29, 0.717) is 31.9 Å². The van der Waals surface area contributed by atoms with Crippen LogP contribution in [0.3, 0.4) is 0 Å². The Kier molecular flexibility index (Phi) is 7.07. The van der Waals surface area contributed by atoms with E-state index in [1.807, 2.05) is 43.2 Å². The molecule has 0 bridgehead atoms. The number of benzene rings is 1. The smallest absolute Gasteiger partial charge is 0.410 e. The fourth-order valence-electron chi connectivity index (χ4n) is 4.78. The molecule has 4 heterocycles. The molecule has 0 saturated carbocycles. The lowest BCUT2D eigenvalue weighted by molar-refractivity contribution is 0.0204. The standard InChI is InChI=1S/C26H34N4O5S/c1-26(2,3)35-25(32)30-8-6-19(7-9-30)23-27-20(16-36-23)24(31)29-12-10-28(11-13-29)15-18-4-5-21-22(14-18)34-17-33-21/h4-5,14,16,19H,6-13,15,17H2,1-3H3. The van der Waals surface area contributed by atoms with Gasteiger partial charge in [0.1, 0.15) is 11.3 Å². The molecular formula is C26H34N4O5S. The Morgan fingerprint density at radius 2 is 1.75 bits per heavy atom. The van der Waals surface area contributed by atoms with Gasteiger partial charge in [0.05, 0.1) is 5.01 Å². The van der Waals surface area contributed by atoms with Crippen LogP contribution in [-0.4, -0.2) is 83.3 Å². The van der Waals surface area contributed by atoms with Gasteiger partial charge < -0.3 is 24.0 Å². The number of piperazine rings is 1. The summed E-state index contributed by atoms with van der Waals surface area (Å²) in [6.45, 7) is 11.0. The average molecular weight is 515 g/mol. The van der Waals surface area contributed by atoms with Crippen LogP contribution in [0.2, 0.25) is 0 Å². The summed E-state index contributed by atoms with van der Waals surface area (Å²) in [5.41, 5.74) is 1.23. The zero-order chi connectivity index (χ0) is 25.3. The molecule has 36 heavy (non-hydrogen) atoms. The van der Waals surface area contributed by atoms with Gasteiger partial charge in [-0.25, -0.2) is 9.78 Å². The van der Waals surface area contributed by atoms with Crippen LogP contribution < -0.4 is 9.47 Å². The minimum Gasteiger partial charge on any atom is -0.454 e. The van der Waals surface area contributed by atoms with Crippen molar-refractivity contribution in [3.63, 3.8) is 0 Å². The van der Waals surface area contributed by atoms with Crippen LogP contribution in [0.1, 0.15) is 60.6 Å². The van der Waals surface area contributed by atoms with E-state index in [0.717, 1.165) is 49.0 Å². The molecule has 3 aliphatic heterocycles. The average Bonchev–Trinajstić information content (AvgIpc) is 3.53. The maximum atomic E-state index is 13.1. The van der Waals surface area contributed by atoms with E-state index < -0.39 is 5.60 Å². The Balaban J connectivity index is 1.10. The first kappa shape index (κ1) is 24.8. The third-order valence-electron chi connectivity index (χ3n) is 6.74. The highest BCUT2D eigenvalue weighted by molar-refractivity contribution is 7.09. The number of ether oxygens (including phenoxy) is 3. The number of hydrogen-bond acceptors (Lipinski definition) is 8. The summed E-state index contributed by atoms with van der Waals surface area (Å²) in [6.07, 6.45) is 1.41. The lowest BCUT2D eigenvalue weighted by Crippen LogP contribution is -2.48. The van der Waals surface area contributed by atoms with Gasteiger partial charge in [0.15, 0.2) is 11.5 Å². The minimum atomic E-state index is -0.490. The molecule has 0 N–H and O–H groups in total. The van der Waals surface area contributed by atoms with Gasteiger partial charge in [0.2, 0.25) is 6.79 Å². The van der Waals surface area contributed by atoms with Crippen molar-refractivity contribution in [3.8, 4) is 11.5 Å². The molecule has 1 aromatic heterocycles. The van der Waals surface area contributed by atoms with Crippen molar-refractivity contribution in [3.05, 3.63) is 39.8 Å². The van der Waals surface area contributed by atoms with Crippen molar-refractivity contribution in [2.45, 2.75) is 51.7 Å². The molecule has 9 nitrogen and oxygen atoms in total. The van der Waals surface area contributed by atoms with Crippen molar-refractivity contribution in [2.75, 3.05) is 46.1 Å². The van der Waals surface area contributed by atoms with E-state index in [2.05, 4.69) is 11.0 Å². The zero-order valence-electron chi connectivity index (χ0n) is 21.2. The van der Waals surface area contributed by atoms with Crippen LogP contribution in [0.25, 0.3) is 0 Å². The summed E-state index contributed by atoms with van der Waals surface area (Å²) < 4.78 is 16.4.